The SMILES string of the molecule is CCn1cc(-c2ccc(-n3nnn(CC(CN)=C(F)F)c3=O)c(OC(=O)C(F)(F)F)c2)cn1. The predicted molar refractivity (Wildman–Crippen MR) is 103 cm³/mol. The lowest BCUT2D eigenvalue weighted by atomic mass is 10.1. The van der Waals surface area contributed by atoms with Crippen LogP contribution in [0.2, 0.25) is 0 Å². The van der Waals surface area contributed by atoms with E-state index in [4.69, 9.17) is 5.73 Å². The summed E-state index contributed by atoms with van der Waals surface area (Å²) in [6.07, 6.45) is -4.36. The van der Waals surface area contributed by atoms with Gasteiger partial charge in [-0.05, 0) is 35.0 Å². The lowest BCUT2D eigenvalue weighted by Gasteiger charge is -2.12. The second kappa shape index (κ2) is 9.32. The number of nitrogens with two attached hydrogens (primary N) is 1. The topological polar surface area (TPSA) is 123 Å². The summed E-state index contributed by atoms with van der Waals surface area (Å²) >= 11 is 0. The zero-order valence-electron chi connectivity index (χ0n) is 16.9. The van der Waals surface area contributed by atoms with E-state index in [-0.39, 0.29) is 5.69 Å². The van der Waals surface area contributed by atoms with Gasteiger partial charge in [0, 0.05) is 30.4 Å². The molecule has 0 radical (unpaired) electrons. The first-order valence-corrected chi connectivity index (χ1v) is 9.27. The first-order valence-electron chi connectivity index (χ1n) is 9.27. The molecule has 10 nitrogen and oxygen atoms in total. The number of nitrogens with zero attached hydrogens (tertiary/aromatic N) is 6. The van der Waals surface area contributed by atoms with Crippen LogP contribution in [0.5, 0.6) is 5.75 Å². The number of halogens is 5. The molecule has 0 fully saturated rings. The van der Waals surface area contributed by atoms with Crippen LogP contribution in [-0.4, -0.2) is 48.3 Å². The van der Waals surface area contributed by atoms with Gasteiger partial charge in [-0.15, -0.1) is 0 Å². The lowest BCUT2D eigenvalue weighted by molar-refractivity contribution is -0.189. The van der Waals surface area contributed by atoms with Gasteiger partial charge < -0.3 is 10.5 Å². The third kappa shape index (κ3) is 5.14. The molecule has 0 atom stereocenters. The first-order chi connectivity index (χ1) is 15.5. The van der Waals surface area contributed by atoms with Crippen LogP contribution in [0.3, 0.4) is 0 Å². The Kier molecular flexibility index (Phi) is 6.71. The summed E-state index contributed by atoms with van der Waals surface area (Å²) in [6.45, 7) is 1.11. The van der Waals surface area contributed by atoms with Crippen molar-refractivity contribution in [2.45, 2.75) is 26.2 Å². The maximum atomic E-state index is 12.9. The molecule has 0 aliphatic heterocycles. The number of benzene rings is 1. The molecule has 0 unspecified atom stereocenters. The number of rotatable bonds is 7. The Bertz CT molecular complexity index is 1250. The van der Waals surface area contributed by atoms with Gasteiger partial charge >= 0.3 is 17.8 Å². The monoisotopic (exact) mass is 473 g/mol. The highest BCUT2D eigenvalue weighted by atomic mass is 19.4. The summed E-state index contributed by atoms with van der Waals surface area (Å²) < 4.78 is 71.2. The summed E-state index contributed by atoms with van der Waals surface area (Å²) in [4.78, 5) is 24.1. The maximum Gasteiger partial charge on any atom is 0.491 e. The van der Waals surface area contributed by atoms with E-state index < -0.39 is 48.3 Å². The summed E-state index contributed by atoms with van der Waals surface area (Å²) in [7, 11) is 0. The van der Waals surface area contributed by atoms with Gasteiger partial charge in [0.15, 0.2) is 5.75 Å². The van der Waals surface area contributed by atoms with Gasteiger partial charge in [0.05, 0.1) is 12.7 Å². The van der Waals surface area contributed by atoms with Crippen molar-refractivity contribution < 1.29 is 31.5 Å². The molecular weight excluding hydrogens is 457 g/mol. The fourth-order valence-electron chi connectivity index (χ4n) is 2.70. The predicted octanol–water partition coefficient (Wildman–Crippen LogP) is 1.89. The van der Waals surface area contributed by atoms with Crippen molar-refractivity contribution in [2.24, 2.45) is 5.73 Å². The molecule has 33 heavy (non-hydrogen) atoms. The average Bonchev–Trinajstić information content (AvgIpc) is 3.38. The third-order valence-electron chi connectivity index (χ3n) is 4.41. The number of aryl methyl sites for hydroxylation is 1. The zero-order valence-corrected chi connectivity index (χ0v) is 16.9. The largest absolute Gasteiger partial charge is 0.491 e. The number of alkyl halides is 3. The van der Waals surface area contributed by atoms with Crippen LogP contribution in [0, 0.1) is 0 Å². The number of tetrazole rings is 1. The molecule has 0 bridgehead atoms. The molecule has 0 saturated carbocycles. The standard InChI is InChI=1S/C18H16F5N7O3/c1-2-28-8-12(7-25-28)10-3-4-13(14(5-10)33-16(31)18(21,22)23)30-17(32)29(26-27-30)9-11(6-24)15(19)20/h3-5,7-8H,2,6,9,24H2,1H3. The van der Waals surface area contributed by atoms with Crippen molar-refractivity contribution in [3.05, 3.63) is 52.7 Å². The van der Waals surface area contributed by atoms with Gasteiger partial charge in [0.25, 0.3) is 6.08 Å². The number of esters is 1. The summed E-state index contributed by atoms with van der Waals surface area (Å²) in [6, 6.07) is 3.69. The summed E-state index contributed by atoms with van der Waals surface area (Å²) in [5.74, 6) is -3.18. The molecule has 176 valence electrons. The number of carbonyl (C=O) groups excluding carboxylic acids is 1. The van der Waals surface area contributed by atoms with Crippen molar-refractivity contribution in [1.29, 1.82) is 0 Å². The Morgan fingerprint density at radius 2 is 1.91 bits per heavy atom. The molecule has 1 aromatic carbocycles. The second-order valence-electron chi connectivity index (χ2n) is 6.55. The van der Waals surface area contributed by atoms with E-state index in [0.717, 1.165) is 6.07 Å². The van der Waals surface area contributed by atoms with E-state index in [1.54, 1.807) is 10.9 Å². The van der Waals surface area contributed by atoms with Crippen LogP contribution < -0.4 is 16.2 Å². The Hall–Kier alpha value is -3.88. The van der Waals surface area contributed by atoms with E-state index in [9.17, 15) is 31.5 Å². The van der Waals surface area contributed by atoms with Gasteiger partial charge in [-0.3, -0.25) is 4.68 Å². The minimum absolute atomic E-state index is 0.330. The molecule has 3 aromatic rings. The van der Waals surface area contributed by atoms with Gasteiger partial charge in [-0.2, -0.15) is 36.4 Å². The molecule has 3 rings (SSSR count). The van der Waals surface area contributed by atoms with Gasteiger partial charge in [-0.1, -0.05) is 6.07 Å². The van der Waals surface area contributed by atoms with Gasteiger partial charge in [0.2, 0.25) is 0 Å². The molecule has 0 spiro atoms. The molecule has 0 amide bonds. The number of ether oxygens (including phenoxy) is 1. The molecule has 2 heterocycles. The Labute approximate surface area is 181 Å². The summed E-state index contributed by atoms with van der Waals surface area (Å²) in [5, 5.41) is 11.0. The van der Waals surface area contributed by atoms with E-state index in [1.165, 1.54) is 18.3 Å². The molecule has 0 aliphatic rings. The molecule has 2 N–H and O–H groups in total. The minimum Gasteiger partial charge on any atom is -0.418 e. The highest BCUT2D eigenvalue weighted by molar-refractivity contribution is 5.80. The van der Waals surface area contributed by atoms with Crippen LogP contribution in [0.4, 0.5) is 22.0 Å². The fourth-order valence-corrected chi connectivity index (χ4v) is 2.70. The normalized spacial score (nSPS) is 11.5. The lowest BCUT2D eigenvalue weighted by Crippen LogP contribution is -2.30. The van der Waals surface area contributed by atoms with Gasteiger partial charge in [-0.25, -0.2) is 9.59 Å². The van der Waals surface area contributed by atoms with E-state index >= 15 is 0 Å². The maximum absolute atomic E-state index is 12.9. The van der Waals surface area contributed by atoms with E-state index in [0.29, 0.717) is 27.0 Å². The number of aromatic nitrogens is 6. The van der Waals surface area contributed by atoms with Crippen molar-refractivity contribution in [2.75, 3.05) is 6.54 Å². The fraction of sp³-hybridized carbons (Fsp3) is 0.278. The molecular formula is C18H16F5N7O3. The molecule has 15 heteroatoms. The van der Waals surface area contributed by atoms with Crippen molar-refractivity contribution >= 4 is 5.97 Å². The number of carbonyl (C=O) groups is 1. The number of hydrogen-bond donors (Lipinski definition) is 1. The van der Waals surface area contributed by atoms with Crippen LogP contribution in [0.25, 0.3) is 16.8 Å². The number of hydrogen-bond acceptors (Lipinski definition) is 7. The third-order valence-corrected chi connectivity index (χ3v) is 4.41. The molecule has 0 saturated heterocycles. The highest BCUT2D eigenvalue weighted by Gasteiger charge is 2.42. The molecule has 0 aliphatic carbocycles. The smallest absolute Gasteiger partial charge is 0.418 e. The van der Waals surface area contributed by atoms with Crippen LogP contribution in [0.1, 0.15) is 6.92 Å². The average molecular weight is 473 g/mol. The van der Waals surface area contributed by atoms with E-state index in [1.807, 2.05) is 6.92 Å². The first kappa shape index (κ1) is 23.8. The Balaban J connectivity index is 2.08. The van der Waals surface area contributed by atoms with Crippen molar-refractivity contribution in [1.82, 2.24) is 29.6 Å². The molecule has 2 aromatic heterocycles. The highest BCUT2D eigenvalue weighted by Crippen LogP contribution is 2.30. The summed E-state index contributed by atoms with van der Waals surface area (Å²) in [5.41, 5.74) is 4.02. The van der Waals surface area contributed by atoms with Crippen LogP contribution in [0.15, 0.2) is 47.0 Å². The second-order valence-corrected chi connectivity index (χ2v) is 6.55. The van der Waals surface area contributed by atoms with Crippen molar-refractivity contribution in [3.63, 3.8) is 0 Å². The van der Waals surface area contributed by atoms with Crippen LogP contribution >= 0.6 is 0 Å². The zero-order chi connectivity index (χ0) is 24.3. The quantitative estimate of drug-likeness (QED) is 0.316. The minimum atomic E-state index is -5.32. The van der Waals surface area contributed by atoms with Crippen molar-refractivity contribution in [3.8, 4) is 22.6 Å². The Morgan fingerprint density at radius 1 is 1.18 bits per heavy atom. The Morgan fingerprint density at radius 3 is 2.48 bits per heavy atom. The van der Waals surface area contributed by atoms with E-state index in [2.05, 4.69) is 20.3 Å². The van der Waals surface area contributed by atoms with Crippen LogP contribution in [-0.2, 0) is 17.9 Å². The van der Waals surface area contributed by atoms with Gasteiger partial charge in [0.1, 0.15) is 5.69 Å².